The largest absolute Gasteiger partial charge is 0.295 e. The van der Waals surface area contributed by atoms with Crippen molar-refractivity contribution < 1.29 is 9.72 Å². The van der Waals surface area contributed by atoms with Gasteiger partial charge in [-0.1, -0.05) is 6.08 Å². The highest BCUT2D eigenvalue weighted by Gasteiger charge is 2.21. The fourth-order valence-electron chi connectivity index (χ4n) is 1.52. The number of nitro groups is 1. The number of carbonyl (C=O) groups is 1. The van der Waals surface area contributed by atoms with Gasteiger partial charge in [-0.15, -0.1) is 0 Å². The van der Waals surface area contributed by atoms with E-state index in [0.29, 0.717) is 12.0 Å². The van der Waals surface area contributed by atoms with Crippen LogP contribution in [0.1, 0.15) is 26.7 Å². The van der Waals surface area contributed by atoms with E-state index in [9.17, 15) is 14.9 Å². The molecule has 0 spiro atoms. The van der Waals surface area contributed by atoms with Crippen LogP contribution in [0.25, 0.3) is 0 Å². The minimum Gasteiger partial charge on any atom is -0.295 e. The molecular weight excluding hydrogens is 182 g/mol. The smallest absolute Gasteiger partial charge is 0.233 e. The van der Waals surface area contributed by atoms with E-state index in [1.165, 1.54) is 0 Å². The molecule has 0 saturated heterocycles. The van der Waals surface area contributed by atoms with E-state index < -0.39 is 4.92 Å². The Morgan fingerprint density at radius 2 is 2.36 bits per heavy atom. The standard InChI is InChI=1S/C10H13NO3/c1-7-3-4-9(5-10(7)12)8(2)6-11(13)14/h3,6,9H,4-5H2,1-2H3/b8-6+/t9-/m0/s1. The van der Waals surface area contributed by atoms with Crippen molar-refractivity contribution in [2.75, 3.05) is 0 Å². The number of rotatable bonds is 2. The lowest BCUT2D eigenvalue weighted by Gasteiger charge is -2.18. The van der Waals surface area contributed by atoms with Crippen LogP contribution >= 0.6 is 0 Å². The molecule has 0 radical (unpaired) electrons. The minimum absolute atomic E-state index is 0.0107. The quantitative estimate of drug-likeness (QED) is 0.500. The molecule has 0 heterocycles. The summed E-state index contributed by atoms with van der Waals surface area (Å²) in [5.74, 6) is 0.106. The lowest BCUT2D eigenvalue weighted by atomic mass is 9.85. The zero-order valence-electron chi connectivity index (χ0n) is 8.32. The van der Waals surface area contributed by atoms with Gasteiger partial charge in [0.25, 0.3) is 0 Å². The zero-order chi connectivity index (χ0) is 10.7. The molecule has 1 aliphatic carbocycles. The molecule has 0 saturated carbocycles. The summed E-state index contributed by atoms with van der Waals surface area (Å²) in [6, 6.07) is 0. The Morgan fingerprint density at radius 1 is 1.71 bits per heavy atom. The molecule has 1 rings (SSSR count). The van der Waals surface area contributed by atoms with Crippen LogP contribution in [0.15, 0.2) is 23.4 Å². The van der Waals surface area contributed by atoms with E-state index in [1.807, 2.05) is 6.08 Å². The van der Waals surface area contributed by atoms with Crippen LogP contribution in [0.3, 0.4) is 0 Å². The van der Waals surface area contributed by atoms with Crippen molar-refractivity contribution >= 4 is 5.78 Å². The van der Waals surface area contributed by atoms with Gasteiger partial charge in [-0.3, -0.25) is 14.9 Å². The van der Waals surface area contributed by atoms with Crippen LogP contribution in [-0.4, -0.2) is 10.7 Å². The Morgan fingerprint density at radius 3 is 2.86 bits per heavy atom. The first kappa shape index (κ1) is 10.6. The molecule has 0 aromatic rings. The summed E-state index contributed by atoms with van der Waals surface area (Å²) in [6.07, 6.45) is 3.98. The highest BCUT2D eigenvalue weighted by Crippen LogP contribution is 2.26. The average Bonchev–Trinajstić information content (AvgIpc) is 2.08. The molecule has 4 nitrogen and oxygen atoms in total. The predicted molar refractivity (Wildman–Crippen MR) is 52.2 cm³/mol. The summed E-state index contributed by atoms with van der Waals surface area (Å²) < 4.78 is 0. The Hall–Kier alpha value is -1.45. The fourth-order valence-corrected chi connectivity index (χ4v) is 1.52. The van der Waals surface area contributed by atoms with Gasteiger partial charge < -0.3 is 0 Å². The van der Waals surface area contributed by atoms with Crippen LogP contribution in [0, 0.1) is 16.0 Å². The third-order valence-electron chi connectivity index (χ3n) is 2.53. The van der Waals surface area contributed by atoms with Crippen molar-refractivity contribution in [2.24, 2.45) is 5.92 Å². The van der Waals surface area contributed by atoms with Crippen molar-refractivity contribution in [3.8, 4) is 0 Å². The third-order valence-corrected chi connectivity index (χ3v) is 2.53. The second kappa shape index (κ2) is 4.17. The van der Waals surface area contributed by atoms with Crippen molar-refractivity contribution in [3.63, 3.8) is 0 Å². The van der Waals surface area contributed by atoms with Crippen LogP contribution in [-0.2, 0) is 4.79 Å². The second-order valence-corrected chi connectivity index (χ2v) is 3.61. The normalized spacial score (nSPS) is 23.3. The van der Waals surface area contributed by atoms with E-state index >= 15 is 0 Å². The fraction of sp³-hybridized carbons (Fsp3) is 0.500. The van der Waals surface area contributed by atoms with Crippen LogP contribution in [0.4, 0.5) is 0 Å². The molecule has 0 amide bonds. The number of hydrogen-bond acceptors (Lipinski definition) is 3. The molecule has 1 aliphatic rings. The van der Waals surface area contributed by atoms with E-state index in [-0.39, 0.29) is 11.7 Å². The van der Waals surface area contributed by atoms with E-state index in [2.05, 4.69) is 0 Å². The molecule has 0 N–H and O–H groups in total. The maximum atomic E-state index is 11.3. The maximum absolute atomic E-state index is 11.3. The van der Waals surface area contributed by atoms with Gasteiger partial charge in [0.1, 0.15) is 0 Å². The molecule has 76 valence electrons. The summed E-state index contributed by atoms with van der Waals surface area (Å²) in [7, 11) is 0. The summed E-state index contributed by atoms with van der Waals surface area (Å²) in [5.41, 5.74) is 1.45. The van der Waals surface area contributed by atoms with E-state index in [4.69, 9.17) is 0 Å². The monoisotopic (exact) mass is 195 g/mol. The van der Waals surface area contributed by atoms with Gasteiger partial charge in [-0.2, -0.15) is 0 Å². The number of Topliss-reactive ketones (excluding diaryl/α,β-unsaturated/α-hetero) is 1. The molecular formula is C10H13NO3. The van der Waals surface area contributed by atoms with Crippen molar-refractivity contribution in [2.45, 2.75) is 26.7 Å². The Bertz CT molecular complexity index is 328. The van der Waals surface area contributed by atoms with Crippen molar-refractivity contribution in [1.29, 1.82) is 0 Å². The predicted octanol–water partition coefficient (Wildman–Crippen LogP) is 2.09. The van der Waals surface area contributed by atoms with Gasteiger partial charge in [0, 0.05) is 12.0 Å². The van der Waals surface area contributed by atoms with Gasteiger partial charge in [-0.25, -0.2) is 0 Å². The number of allylic oxidation sites excluding steroid dienone is 3. The first-order valence-corrected chi connectivity index (χ1v) is 4.52. The van der Waals surface area contributed by atoms with Gasteiger partial charge >= 0.3 is 0 Å². The Balaban J connectivity index is 2.74. The molecule has 0 fully saturated rings. The van der Waals surface area contributed by atoms with Crippen LogP contribution in [0.5, 0.6) is 0 Å². The average molecular weight is 195 g/mol. The summed E-state index contributed by atoms with van der Waals surface area (Å²) >= 11 is 0. The lowest BCUT2D eigenvalue weighted by molar-refractivity contribution is -0.403. The summed E-state index contributed by atoms with van der Waals surface area (Å²) in [4.78, 5) is 21.1. The van der Waals surface area contributed by atoms with Crippen LogP contribution in [0.2, 0.25) is 0 Å². The maximum Gasteiger partial charge on any atom is 0.233 e. The third kappa shape index (κ3) is 2.52. The van der Waals surface area contributed by atoms with Gasteiger partial charge in [0.15, 0.2) is 5.78 Å². The van der Waals surface area contributed by atoms with Gasteiger partial charge in [0.2, 0.25) is 6.20 Å². The molecule has 1 atom stereocenters. The molecule has 0 aromatic heterocycles. The highest BCUT2D eigenvalue weighted by molar-refractivity contribution is 5.95. The van der Waals surface area contributed by atoms with E-state index in [1.54, 1.807) is 13.8 Å². The number of nitrogens with zero attached hydrogens (tertiary/aromatic N) is 1. The Kier molecular flexibility index (Phi) is 3.17. The minimum atomic E-state index is -0.467. The second-order valence-electron chi connectivity index (χ2n) is 3.61. The van der Waals surface area contributed by atoms with Crippen molar-refractivity contribution in [3.05, 3.63) is 33.5 Å². The first-order chi connectivity index (χ1) is 6.50. The van der Waals surface area contributed by atoms with Crippen LogP contribution < -0.4 is 0 Å². The first-order valence-electron chi connectivity index (χ1n) is 4.52. The zero-order valence-corrected chi connectivity index (χ0v) is 8.32. The SMILES string of the molecule is CC1=CC[C@H](/C(C)=C/[N+](=O)[O-])CC1=O. The number of hydrogen-bond donors (Lipinski definition) is 0. The molecule has 0 bridgehead atoms. The van der Waals surface area contributed by atoms with Gasteiger partial charge in [0.05, 0.1) is 4.92 Å². The molecule has 0 unspecified atom stereocenters. The number of carbonyl (C=O) groups excluding carboxylic acids is 1. The molecule has 14 heavy (non-hydrogen) atoms. The topological polar surface area (TPSA) is 60.2 Å². The van der Waals surface area contributed by atoms with Crippen molar-refractivity contribution in [1.82, 2.24) is 0 Å². The summed E-state index contributed by atoms with van der Waals surface area (Å²) in [5, 5.41) is 10.2. The highest BCUT2D eigenvalue weighted by atomic mass is 16.6. The molecule has 4 heteroatoms. The Labute approximate surface area is 82.5 Å². The molecule has 0 aromatic carbocycles. The lowest BCUT2D eigenvalue weighted by Crippen LogP contribution is -2.15. The molecule has 0 aliphatic heterocycles. The van der Waals surface area contributed by atoms with E-state index in [0.717, 1.165) is 18.2 Å². The number of ketones is 1. The van der Waals surface area contributed by atoms with Gasteiger partial charge in [-0.05, 0) is 31.8 Å². The summed E-state index contributed by atoms with van der Waals surface area (Å²) in [6.45, 7) is 3.49.